The van der Waals surface area contributed by atoms with Gasteiger partial charge < -0.3 is 5.32 Å². The van der Waals surface area contributed by atoms with Crippen molar-refractivity contribution in [2.75, 3.05) is 5.32 Å². The Balaban J connectivity index is 2.05. The van der Waals surface area contributed by atoms with Crippen molar-refractivity contribution in [3.8, 4) is 0 Å². The number of halogens is 1. The molecular formula is C11H11ClN2S. The van der Waals surface area contributed by atoms with Crippen LogP contribution in [-0.4, -0.2) is 4.98 Å². The Morgan fingerprint density at radius 2 is 2.33 bits per heavy atom. The van der Waals surface area contributed by atoms with Crippen molar-refractivity contribution in [1.29, 1.82) is 0 Å². The highest BCUT2D eigenvalue weighted by Gasteiger charge is 2.00. The first kappa shape index (κ1) is 10.5. The summed E-state index contributed by atoms with van der Waals surface area (Å²) in [4.78, 5) is 4.16. The summed E-state index contributed by atoms with van der Waals surface area (Å²) in [6, 6.07) is 5.92. The van der Waals surface area contributed by atoms with Gasteiger partial charge in [-0.25, -0.2) is 4.98 Å². The van der Waals surface area contributed by atoms with Gasteiger partial charge in [0.1, 0.15) is 0 Å². The first-order chi connectivity index (χ1) is 7.25. The van der Waals surface area contributed by atoms with E-state index in [1.807, 2.05) is 23.6 Å². The number of nitrogens with one attached hydrogen (secondary N) is 1. The topological polar surface area (TPSA) is 24.9 Å². The second kappa shape index (κ2) is 4.64. The predicted molar refractivity (Wildman–Crippen MR) is 65.6 cm³/mol. The van der Waals surface area contributed by atoms with E-state index in [1.54, 1.807) is 17.5 Å². The molecule has 0 atom stereocenters. The molecule has 78 valence electrons. The molecule has 0 aliphatic rings. The van der Waals surface area contributed by atoms with Crippen LogP contribution in [-0.2, 0) is 6.54 Å². The maximum Gasteiger partial charge on any atom is 0.182 e. The molecule has 1 aromatic heterocycles. The molecule has 0 aliphatic carbocycles. The number of aryl methyl sites for hydroxylation is 1. The zero-order valence-electron chi connectivity index (χ0n) is 8.33. The van der Waals surface area contributed by atoms with E-state index in [4.69, 9.17) is 11.6 Å². The number of hydrogen-bond donors (Lipinski definition) is 1. The summed E-state index contributed by atoms with van der Waals surface area (Å²) in [5.74, 6) is 0. The van der Waals surface area contributed by atoms with Gasteiger partial charge in [0.2, 0.25) is 0 Å². The standard InChI is InChI=1S/C11H11ClN2S/c1-8-6-10(12)3-2-9(8)7-14-11-13-4-5-15-11/h2-6H,7H2,1H3,(H,13,14). The molecule has 1 aromatic carbocycles. The van der Waals surface area contributed by atoms with Crippen LogP contribution >= 0.6 is 22.9 Å². The Hall–Kier alpha value is -1.06. The summed E-state index contributed by atoms with van der Waals surface area (Å²) in [5.41, 5.74) is 2.45. The van der Waals surface area contributed by atoms with Gasteiger partial charge in [-0.05, 0) is 30.2 Å². The van der Waals surface area contributed by atoms with Gasteiger partial charge in [-0.2, -0.15) is 0 Å². The van der Waals surface area contributed by atoms with Crippen LogP contribution in [0.3, 0.4) is 0 Å². The molecule has 0 bridgehead atoms. The monoisotopic (exact) mass is 238 g/mol. The van der Waals surface area contributed by atoms with Gasteiger partial charge >= 0.3 is 0 Å². The number of anilines is 1. The molecule has 2 aromatic rings. The minimum Gasteiger partial charge on any atom is -0.357 e. The van der Waals surface area contributed by atoms with Crippen LogP contribution < -0.4 is 5.32 Å². The third-order valence-electron chi connectivity index (χ3n) is 2.17. The fourth-order valence-corrected chi connectivity index (χ4v) is 2.09. The van der Waals surface area contributed by atoms with E-state index in [-0.39, 0.29) is 0 Å². The number of benzene rings is 1. The molecule has 4 heteroatoms. The van der Waals surface area contributed by atoms with E-state index in [2.05, 4.69) is 17.2 Å². The van der Waals surface area contributed by atoms with E-state index in [9.17, 15) is 0 Å². The molecule has 0 spiro atoms. The first-order valence-electron chi connectivity index (χ1n) is 4.64. The molecule has 0 radical (unpaired) electrons. The molecular weight excluding hydrogens is 228 g/mol. The number of thiazole rings is 1. The Morgan fingerprint density at radius 3 is 3.00 bits per heavy atom. The Morgan fingerprint density at radius 1 is 1.47 bits per heavy atom. The van der Waals surface area contributed by atoms with E-state index >= 15 is 0 Å². The van der Waals surface area contributed by atoms with Crippen LogP contribution in [0.2, 0.25) is 5.02 Å². The van der Waals surface area contributed by atoms with Crippen LogP contribution in [0, 0.1) is 6.92 Å². The number of rotatable bonds is 3. The molecule has 0 unspecified atom stereocenters. The zero-order chi connectivity index (χ0) is 10.7. The van der Waals surface area contributed by atoms with Crippen molar-refractivity contribution >= 4 is 28.1 Å². The average molecular weight is 239 g/mol. The summed E-state index contributed by atoms with van der Waals surface area (Å²) in [6.07, 6.45) is 1.79. The smallest absolute Gasteiger partial charge is 0.182 e. The summed E-state index contributed by atoms with van der Waals surface area (Å²) >= 11 is 7.49. The number of aromatic nitrogens is 1. The largest absolute Gasteiger partial charge is 0.357 e. The van der Waals surface area contributed by atoms with Crippen LogP contribution in [0.5, 0.6) is 0 Å². The lowest BCUT2D eigenvalue weighted by Gasteiger charge is -2.06. The third kappa shape index (κ3) is 2.70. The highest BCUT2D eigenvalue weighted by molar-refractivity contribution is 7.13. The maximum absolute atomic E-state index is 5.89. The number of hydrogen-bond acceptors (Lipinski definition) is 3. The van der Waals surface area contributed by atoms with E-state index in [0.29, 0.717) is 0 Å². The Bertz CT molecular complexity index is 440. The zero-order valence-corrected chi connectivity index (χ0v) is 9.90. The summed E-state index contributed by atoms with van der Waals surface area (Å²) in [5, 5.41) is 6.95. The van der Waals surface area contributed by atoms with Crippen LogP contribution in [0.4, 0.5) is 5.13 Å². The highest BCUT2D eigenvalue weighted by Crippen LogP contribution is 2.17. The Labute approximate surface area is 97.9 Å². The summed E-state index contributed by atoms with van der Waals surface area (Å²) in [7, 11) is 0. The third-order valence-corrected chi connectivity index (χ3v) is 3.13. The van der Waals surface area contributed by atoms with Crippen molar-refractivity contribution in [2.24, 2.45) is 0 Å². The maximum atomic E-state index is 5.89. The fraction of sp³-hybridized carbons (Fsp3) is 0.182. The average Bonchev–Trinajstić information content (AvgIpc) is 2.69. The molecule has 15 heavy (non-hydrogen) atoms. The molecule has 2 rings (SSSR count). The second-order valence-corrected chi connectivity index (χ2v) is 4.59. The SMILES string of the molecule is Cc1cc(Cl)ccc1CNc1nccs1. The summed E-state index contributed by atoms with van der Waals surface area (Å²) < 4.78 is 0. The van der Waals surface area contributed by atoms with Crippen molar-refractivity contribution < 1.29 is 0 Å². The molecule has 0 fully saturated rings. The Kier molecular flexibility index (Phi) is 3.23. The van der Waals surface area contributed by atoms with Crippen LogP contribution in [0.25, 0.3) is 0 Å². The molecule has 2 nitrogen and oxygen atoms in total. The lowest BCUT2D eigenvalue weighted by Crippen LogP contribution is -2.00. The van der Waals surface area contributed by atoms with E-state index in [0.717, 1.165) is 16.7 Å². The first-order valence-corrected chi connectivity index (χ1v) is 5.90. The van der Waals surface area contributed by atoms with Crippen LogP contribution in [0.1, 0.15) is 11.1 Å². The predicted octanol–water partition coefficient (Wildman–Crippen LogP) is 3.72. The molecule has 1 heterocycles. The molecule has 1 N–H and O–H groups in total. The van der Waals surface area contributed by atoms with Gasteiger partial charge in [-0.3, -0.25) is 0 Å². The number of nitrogens with zero attached hydrogens (tertiary/aromatic N) is 1. The second-order valence-electron chi connectivity index (χ2n) is 3.26. The van der Waals surface area contributed by atoms with Gasteiger partial charge in [0.15, 0.2) is 5.13 Å². The molecule has 0 amide bonds. The van der Waals surface area contributed by atoms with Gasteiger partial charge in [-0.1, -0.05) is 17.7 Å². The quantitative estimate of drug-likeness (QED) is 0.882. The highest BCUT2D eigenvalue weighted by atomic mass is 35.5. The molecule has 0 aliphatic heterocycles. The lowest BCUT2D eigenvalue weighted by atomic mass is 10.1. The van der Waals surface area contributed by atoms with Crippen molar-refractivity contribution in [3.63, 3.8) is 0 Å². The van der Waals surface area contributed by atoms with Crippen molar-refractivity contribution in [3.05, 3.63) is 45.9 Å². The van der Waals surface area contributed by atoms with Gasteiger partial charge in [0.25, 0.3) is 0 Å². The van der Waals surface area contributed by atoms with E-state index < -0.39 is 0 Å². The van der Waals surface area contributed by atoms with Crippen LogP contribution in [0.15, 0.2) is 29.8 Å². The molecule has 0 saturated heterocycles. The normalized spacial score (nSPS) is 10.3. The molecule has 0 saturated carbocycles. The van der Waals surface area contributed by atoms with E-state index in [1.165, 1.54) is 11.1 Å². The minimum atomic E-state index is 0.783. The minimum absolute atomic E-state index is 0.783. The summed E-state index contributed by atoms with van der Waals surface area (Å²) in [6.45, 7) is 2.85. The van der Waals surface area contributed by atoms with Crippen molar-refractivity contribution in [1.82, 2.24) is 4.98 Å². The van der Waals surface area contributed by atoms with Gasteiger partial charge in [0, 0.05) is 23.1 Å². The lowest BCUT2D eigenvalue weighted by molar-refractivity contribution is 1.11. The fourth-order valence-electron chi connectivity index (χ4n) is 1.34. The van der Waals surface area contributed by atoms with Crippen molar-refractivity contribution in [2.45, 2.75) is 13.5 Å². The van der Waals surface area contributed by atoms with Gasteiger partial charge in [0.05, 0.1) is 0 Å². The van der Waals surface area contributed by atoms with Gasteiger partial charge in [-0.15, -0.1) is 11.3 Å².